The molecule has 2 N–H and O–H groups in total. The highest BCUT2D eigenvalue weighted by atomic mass is 16.5. The minimum Gasteiger partial charge on any atom is -0.480 e. The van der Waals surface area contributed by atoms with Gasteiger partial charge in [0.2, 0.25) is 5.91 Å². The van der Waals surface area contributed by atoms with E-state index in [9.17, 15) is 9.59 Å². The predicted molar refractivity (Wildman–Crippen MR) is 52.5 cm³/mol. The average molecular weight is 216 g/mol. The molecule has 0 aromatic rings. The molecule has 1 rings (SSSR count). The average Bonchev–Trinajstić information content (AvgIpc) is 2.26. The van der Waals surface area contributed by atoms with E-state index in [0.29, 0.717) is 26.3 Å². The van der Waals surface area contributed by atoms with Crippen molar-refractivity contribution in [3.63, 3.8) is 0 Å². The molecule has 1 unspecified atom stereocenters. The topological polar surface area (TPSA) is 78.9 Å². The molecule has 0 aromatic carbocycles. The summed E-state index contributed by atoms with van der Waals surface area (Å²) < 4.78 is 5.12. The third-order valence-corrected chi connectivity index (χ3v) is 2.25. The lowest BCUT2D eigenvalue weighted by molar-refractivity contribution is -0.138. The second kappa shape index (κ2) is 5.67. The number of carbonyl (C=O) groups is 2. The summed E-state index contributed by atoms with van der Waals surface area (Å²) in [5, 5.41) is 11.1. The van der Waals surface area contributed by atoms with Crippen molar-refractivity contribution in [1.82, 2.24) is 10.2 Å². The molecule has 0 spiro atoms. The Balaban J connectivity index is 2.33. The van der Waals surface area contributed by atoms with Gasteiger partial charge in [-0.2, -0.15) is 0 Å². The Bertz CT molecular complexity index is 238. The van der Waals surface area contributed by atoms with Crippen molar-refractivity contribution in [3.8, 4) is 0 Å². The summed E-state index contributed by atoms with van der Waals surface area (Å²) in [6.45, 7) is 3.74. The van der Waals surface area contributed by atoms with Gasteiger partial charge >= 0.3 is 5.97 Å². The van der Waals surface area contributed by atoms with Gasteiger partial charge in [0.15, 0.2) is 0 Å². The van der Waals surface area contributed by atoms with Crippen LogP contribution in [0.5, 0.6) is 0 Å². The normalized spacial score (nSPS) is 18.6. The van der Waals surface area contributed by atoms with Crippen molar-refractivity contribution in [1.29, 1.82) is 0 Å². The number of carboxylic acids is 1. The molecule has 1 saturated heterocycles. The number of hydrogen-bond donors (Lipinski definition) is 2. The zero-order valence-electron chi connectivity index (χ0n) is 8.73. The molecule has 0 radical (unpaired) electrons. The number of morpholine rings is 1. The van der Waals surface area contributed by atoms with Crippen LogP contribution in [0, 0.1) is 0 Å². The maximum Gasteiger partial charge on any atom is 0.317 e. The minimum atomic E-state index is -0.961. The van der Waals surface area contributed by atoms with Gasteiger partial charge < -0.3 is 14.7 Å². The highest BCUT2D eigenvalue weighted by molar-refractivity contribution is 5.82. The van der Waals surface area contributed by atoms with Crippen LogP contribution in [-0.2, 0) is 14.3 Å². The van der Waals surface area contributed by atoms with Gasteiger partial charge in [0.05, 0.1) is 25.8 Å². The van der Waals surface area contributed by atoms with Crippen LogP contribution in [-0.4, -0.2) is 60.8 Å². The lowest BCUT2D eigenvalue weighted by atomic mass is 10.2. The van der Waals surface area contributed by atoms with E-state index in [1.165, 1.54) is 0 Å². The van der Waals surface area contributed by atoms with Crippen molar-refractivity contribution in [2.75, 3.05) is 32.8 Å². The third kappa shape index (κ3) is 3.85. The fraction of sp³-hybridized carbons (Fsp3) is 0.778. The Morgan fingerprint density at radius 2 is 2.07 bits per heavy atom. The lowest BCUT2D eigenvalue weighted by Gasteiger charge is -2.29. The first kappa shape index (κ1) is 11.9. The minimum absolute atomic E-state index is 0.0699. The highest BCUT2D eigenvalue weighted by Gasteiger charge is 2.22. The van der Waals surface area contributed by atoms with Crippen molar-refractivity contribution < 1.29 is 19.4 Å². The molecule has 86 valence electrons. The molecule has 1 atom stereocenters. The molecular weight excluding hydrogens is 200 g/mol. The maximum atomic E-state index is 11.7. The monoisotopic (exact) mass is 216 g/mol. The summed E-state index contributed by atoms with van der Waals surface area (Å²) in [5.41, 5.74) is 0. The van der Waals surface area contributed by atoms with Crippen molar-refractivity contribution in [2.45, 2.75) is 13.0 Å². The number of carboxylic acid groups (broad SMARTS) is 1. The van der Waals surface area contributed by atoms with Gasteiger partial charge in [-0.15, -0.1) is 0 Å². The Morgan fingerprint density at radius 3 is 2.60 bits per heavy atom. The lowest BCUT2D eigenvalue weighted by Crippen LogP contribution is -2.50. The van der Waals surface area contributed by atoms with E-state index >= 15 is 0 Å². The second-order valence-corrected chi connectivity index (χ2v) is 3.43. The van der Waals surface area contributed by atoms with E-state index in [-0.39, 0.29) is 12.5 Å². The van der Waals surface area contributed by atoms with Crippen LogP contribution >= 0.6 is 0 Å². The first-order valence-electron chi connectivity index (χ1n) is 4.93. The van der Waals surface area contributed by atoms with E-state index in [2.05, 4.69) is 5.32 Å². The largest absolute Gasteiger partial charge is 0.480 e. The second-order valence-electron chi connectivity index (χ2n) is 3.43. The summed E-state index contributed by atoms with van der Waals surface area (Å²) in [6.07, 6.45) is 0. The third-order valence-electron chi connectivity index (χ3n) is 2.25. The molecule has 1 heterocycles. The first-order valence-corrected chi connectivity index (χ1v) is 4.93. The summed E-state index contributed by atoms with van der Waals surface area (Å²) in [5.74, 6) is -1.03. The molecular formula is C9H16N2O4. The van der Waals surface area contributed by atoms with Gasteiger partial charge in [-0.3, -0.25) is 14.9 Å². The Morgan fingerprint density at radius 1 is 1.47 bits per heavy atom. The van der Waals surface area contributed by atoms with Gasteiger partial charge in [-0.1, -0.05) is 0 Å². The zero-order chi connectivity index (χ0) is 11.3. The Kier molecular flexibility index (Phi) is 4.51. The molecule has 0 saturated carbocycles. The zero-order valence-corrected chi connectivity index (χ0v) is 8.73. The molecule has 0 aliphatic carbocycles. The van der Waals surface area contributed by atoms with Crippen molar-refractivity contribution in [2.24, 2.45) is 0 Å². The molecule has 1 aliphatic heterocycles. The van der Waals surface area contributed by atoms with Crippen LogP contribution in [0.2, 0.25) is 0 Å². The smallest absolute Gasteiger partial charge is 0.317 e. The maximum absolute atomic E-state index is 11.7. The molecule has 0 bridgehead atoms. The van der Waals surface area contributed by atoms with Crippen molar-refractivity contribution in [3.05, 3.63) is 0 Å². The summed E-state index contributed by atoms with van der Waals surface area (Å²) in [4.78, 5) is 23.7. The van der Waals surface area contributed by atoms with E-state index in [4.69, 9.17) is 9.84 Å². The molecule has 1 aliphatic rings. The van der Waals surface area contributed by atoms with Crippen LogP contribution in [0.3, 0.4) is 0 Å². The van der Waals surface area contributed by atoms with E-state index in [1.54, 1.807) is 11.8 Å². The number of carbonyl (C=O) groups excluding carboxylic acids is 1. The van der Waals surface area contributed by atoms with Crippen LogP contribution in [0.15, 0.2) is 0 Å². The molecule has 6 heteroatoms. The Labute approximate surface area is 88.2 Å². The number of hydrogen-bond acceptors (Lipinski definition) is 4. The SMILES string of the molecule is CC(NCC(=O)O)C(=O)N1CCOCC1. The summed E-state index contributed by atoms with van der Waals surface area (Å²) in [6, 6.07) is -0.459. The van der Waals surface area contributed by atoms with Crippen LogP contribution in [0.25, 0.3) is 0 Å². The number of rotatable bonds is 4. The quantitative estimate of drug-likeness (QED) is 0.624. The Hall–Kier alpha value is -1.14. The molecule has 0 aromatic heterocycles. The van der Waals surface area contributed by atoms with Crippen LogP contribution < -0.4 is 5.32 Å². The van der Waals surface area contributed by atoms with Gasteiger partial charge in [-0.05, 0) is 6.92 Å². The summed E-state index contributed by atoms with van der Waals surface area (Å²) in [7, 11) is 0. The highest BCUT2D eigenvalue weighted by Crippen LogP contribution is 2.00. The number of nitrogens with one attached hydrogen (secondary N) is 1. The first-order chi connectivity index (χ1) is 7.11. The number of amides is 1. The van der Waals surface area contributed by atoms with Gasteiger partial charge in [-0.25, -0.2) is 0 Å². The number of aliphatic carboxylic acids is 1. The molecule has 15 heavy (non-hydrogen) atoms. The predicted octanol–water partition coefficient (Wildman–Crippen LogP) is -1.09. The van der Waals surface area contributed by atoms with E-state index in [0.717, 1.165) is 0 Å². The molecule has 1 fully saturated rings. The molecule has 1 amide bonds. The fourth-order valence-electron chi connectivity index (χ4n) is 1.39. The number of ether oxygens (including phenoxy) is 1. The number of nitrogens with zero attached hydrogens (tertiary/aromatic N) is 1. The van der Waals surface area contributed by atoms with Gasteiger partial charge in [0, 0.05) is 13.1 Å². The van der Waals surface area contributed by atoms with E-state index in [1.807, 2.05) is 0 Å². The van der Waals surface area contributed by atoms with Crippen LogP contribution in [0.1, 0.15) is 6.92 Å². The van der Waals surface area contributed by atoms with Gasteiger partial charge in [0.25, 0.3) is 0 Å². The molecule has 6 nitrogen and oxygen atoms in total. The van der Waals surface area contributed by atoms with E-state index < -0.39 is 12.0 Å². The fourth-order valence-corrected chi connectivity index (χ4v) is 1.39. The van der Waals surface area contributed by atoms with Crippen molar-refractivity contribution >= 4 is 11.9 Å². The van der Waals surface area contributed by atoms with Gasteiger partial charge in [0.1, 0.15) is 0 Å². The summed E-state index contributed by atoms with van der Waals surface area (Å²) >= 11 is 0. The standard InChI is InChI=1S/C9H16N2O4/c1-7(10-6-8(12)13)9(14)11-2-4-15-5-3-11/h7,10H,2-6H2,1H3,(H,12,13). The van der Waals surface area contributed by atoms with Crippen LogP contribution in [0.4, 0.5) is 0 Å².